The van der Waals surface area contributed by atoms with Crippen molar-refractivity contribution in [1.29, 1.82) is 0 Å². The molecule has 1 aromatic carbocycles. The maximum atomic E-state index is 5.72. The quantitative estimate of drug-likeness (QED) is 0.786. The highest BCUT2D eigenvalue weighted by Crippen LogP contribution is 2.13. The average Bonchev–Trinajstić information content (AvgIpc) is 2.79. The fraction of sp³-hybridized carbons (Fsp3) is 0.467. The van der Waals surface area contributed by atoms with Crippen LogP contribution in [0.4, 0.5) is 0 Å². The van der Waals surface area contributed by atoms with Crippen LogP contribution in [0.25, 0.3) is 0 Å². The molecule has 2 rings (SSSR count). The second kappa shape index (κ2) is 7.05. The molecule has 0 saturated heterocycles. The molecule has 0 radical (unpaired) electrons. The maximum absolute atomic E-state index is 5.72. The van der Waals surface area contributed by atoms with Crippen LogP contribution in [-0.2, 0) is 13.1 Å². The van der Waals surface area contributed by atoms with Crippen molar-refractivity contribution in [2.75, 3.05) is 6.61 Å². The van der Waals surface area contributed by atoms with Crippen molar-refractivity contribution in [2.24, 2.45) is 5.73 Å². The highest BCUT2D eigenvalue weighted by Gasteiger charge is 2.05. The molecule has 5 nitrogen and oxygen atoms in total. The topological polar surface area (TPSA) is 66.0 Å². The molecule has 20 heavy (non-hydrogen) atoms. The van der Waals surface area contributed by atoms with Crippen LogP contribution in [0.5, 0.6) is 5.75 Å². The van der Waals surface area contributed by atoms with Gasteiger partial charge in [-0.2, -0.15) is 0 Å². The van der Waals surface area contributed by atoms with Crippen molar-refractivity contribution in [1.82, 2.24) is 15.0 Å². The number of hydrogen-bond acceptors (Lipinski definition) is 4. The summed E-state index contributed by atoms with van der Waals surface area (Å²) >= 11 is 0. The molecule has 108 valence electrons. The first-order chi connectivity index (χ1) is 9.70. The van der Waals surface area contributed by atoms with Gasteiger partial charge in [-0.15, -0.1) is 5.10 Å². The number of nitrogens with zero attached hydrogens (tertiary/aromatic N) is 3. The summed E-state index contributed by atoms with van der Waals surface area (Å²) in [6.45, 7) is 6.10. The van der Waals surface area contributed by atoms with E-state index >= 15 is 0 Å². The Kier molecular flexibility index (Phi) is 5.12. The molecule has 0 aliphatic rings. The van der Waals surface area contributed by atoms with Gasteiger partial charge in [0.25, 0.3) is 0 Å². The molecule has 0 bridgehead atoms. The molecular formula is C15H22N4O. The number of benzene rings is 1. The van der Waals surface area contributed by atoms with Gasteiger partial charge in [0.2, 0.25) is 0 Å². The van der Waals surface area contributed by atoms with E-state index < -0.39 is 0 Å². The summed E-state index contributed by atoms with van der Waals surface area (Å²) in [4.78, 5) is 0. The predicted molar refractivity (Wildman–Crippen MR) is 78.6 cm³/mol. The Morgan fingerprint density at radius 3 is 2.80 bits per heavy atom. The molecule has 0 aliphatic heterocycles. The number of ether oxygens (including phenoxy) is 1. The average molecular weight is 274 g/mol. The smallest absolute Gasteiger partial charge is 0.119 e. The lowest BCUT2D eigenvalue weighted by Gasteiger charge is -2.07. The Morgan fingerprint density at radius 1 is 1.25 bits per heavy atom. The SMILES string of the molecule is Cc1cccc(OCCCCn2nnc(CN)c2C)c1. The highest BCUT2D eigenvalue weighted by atomic mass is 16.5. The van der Waals surface area contributed by atoms with Gasteiger partial charge in [0.1, 0.15) is 5.75 Å². The molecule has 2 N–H and O–H groups in total. The minimum absolute atomic E-state index is 0.447. The van der Waals surface area contributed by atoms with E-state index in [2.05, 4.69) is 29.4 Å². The van der Waals surface area contributed by atoms with E-state index in [4.69, 9.17) is 10.5 Å². The summed E-state index contributed by atoms with van der Waals surface area (Å²) in [5.74, 6) is 0.937. The minimum atomic E-state index is 0.447. The van der Waals surface area contributed by atoms with E-state index in [9.17, 15) is 0 Å². The lowest BCUT2D eigenvalue weighted by Crippen LogP contribution is -2.06. The lowest BCUT2D eigenvalue weighted by atomic mass is 10.2. The van der Waals surface area contributed by atoms with E-state index in [0.29, 0.717) is 6.54 Å². The van der Waals surface area contributed by atoms with Gasteiger partial charge in [0.05, 0.1) is 18.0 Å². The molecule has 0 aliphatic carbocycles. The van der Waals surface area contributed by atoms with Crippen LogP contribution in [0, 0.1) is 13.8 Å². The van der Waals surface area contributed by atoms with Gasteiger partial charge in [-0.05, 0) is 44.4 Å². The van der Waals surface area contributed by atoms with E-state index in [1.54, 1.807) is 0 Å². The zero-order valence-corrected chi connectivity index (χ0v) is 12.2. The van der Waals surface area contributed by atoms with Gasteiger partial charge in [0, 0.05) is 13.1 Å². The third-order valence-corrected chi connectivity index (χ3v) is 3.29. The summed E-state index contributed by atoms with van der Waals surface area (Å²) in [5, 5.41) is 8.15. The van der Waals surface area contributed by atoms with Crippen molar-refractivity contribution in [3.05, 3.63) is 41.2 Å². The zero-order chi connectivity index (χ0) is 14.4. The zero-order valence-electron chi connectivity index (χ0n) is 12.2. The fourth-order valence-electron chi connectivity index (χ4n) is 2.06. The normalized spacial score (nSPS) is 10.8. The molecule has 0 fully saturated rings. The fourth-order valence-corrected chi connectivity index (χ4v) is 2.06. The monoisotopic (exact) mass is 274 g/mol. The Balaban J connectivity index is 1.70. The second-order valence-corrected chi connectivity index (χ2v) is 4.92. The van der Waals surface area contributed by atoms with Gasteiger partial charge in [0.15, 0.2) is 0 Å². The van der Waals surface area contributed by atoms with Crippen LogP contribution in [0.15, 0.2) is 24.3 Å². The second-order valence-electron chi connectivity index (χ2n) is 4.92. The maximum Gasteiger partial charge on any atom is 0.119 e. The molecule has 0 amide bonds. The molecule has 2 aromatic rings. The predicted octanol–water partition coefficient (Wildman–Crippen LogP) is 2.21. The van der Waals surface area contributed by atoms with Crippen LogP contribution in [0.3, 0.4) is 0 Å². The summed E-state index contributed by atoms with van der Waals surface area (Å²) in [5.41, 5.74) is 8.74. The van der Waals surface area contributed by atoms with Crippen molar-refractivity contribution >= 4 is 0 Å². The van der Waals surface area contributed by atoms with E-state index in [-0.39, 0.29) is 0 Å². The molecule has 0 saturated carbocycles. The Morgan fingerprint density at radius 2 is 2.10 bits per heavy atom. The van der Waals surface area contributed by atoms with Crippen LogP contribution in [-0.4, -0.2) is 21.6 Å². The molecular weight excluding hydrogens is 252 g/mol. The van der Waals surface area contributed by atoms with Gasteiger partial charge in [-0.3, -0.25) is 0 Å². The number of aryl methyl sites for hydroxylation is 2. The summed E-state index contributed by atoms with van der Waals surface area (Å²) < 4.78 is 7.63. The van der Waals surface area contributed by atoms with Crippen molar-refractivity contribution in [2.45, 2.75) is 39.8 Å². The molecule has 0 atom stereocenters. The van der Waals surface area contributed by atoms with E-state index in [1.165, 1.54) is 5.56 Å². The third kappa shape index (κ3) is 3.81. The number of nitrogens with two attached hydrogens (primary N) is 1. The van der Waals surface area contributed by atoms with Crippen LogP contribution in [0.1, 0.15) is 29.8 Å². The highest BCUT2D eigenvalue weighted by molar-refractivity contribution is 5.27. The lowest BCUT2D eigenvalue weighted by molar-refractivity contribution is 0.301. The summed E-state index contributed by atoms with van der Waals surface area (Å²) in [7, 11) is 0. The van der Waals surface area contributed by atoms with Gasteiger partial charge >= 0.3 is 0 Å². The van der Waals surface area contributed by atoms with Crippen molar-refractivity contribution < 1.29 is 4.74 Å². The van der Waals surface area contributed by atoms with Gasteiger partial charge < -0.3 is 10.5 Å². The first-order valence-corrected chi connectivity index (χ1v) is 6.99. The third-order valence-electron chi connectivity index (χ3n) is 3.29. The van der Waals surface area contributed by atoms with Crippen LogP contribution >= 0.6 is 0 Å². The summed E-state index contributed by atoms with van der Waals surface area (Å²) in [6.07, 6.45) is 2.01. The molecule has 0 spiro atoms. The molecule has 1 heterocycles. The number of unbranched alkanes of at least 4 members (excludes halogenated alkanes) is 1. The summed E-state index contributed by atoms with van der Waals surface area (Å²) in [6, 6.07) is 8.12. The minimum Gasteiger partial charge on any atom is -0.494 e. The Labute approximate surface area is 119 Å². The number of aromatic nitrogens is 3. The first-order valence-electron chi connectivity index (χ1n) is 6.99. The standard InChI is InChI=1S/C15H22N4O/c1-12-6-5-7-14(10-12)20-9-4-3-8-19-13(2)15(11-16)17-18-19/h5-7,10H,3-4,8-9,11,16H2,1-2H3. The molecule has 5 heteroatoms. The van der Waals surface area contributed by atoms with E-state index in [0.717, 1.165) is 43.1 Å². The van der Waals surface area contributed by atoms with E-state index in [1.807, 2.05) is 23.7 Å². The molecule has 1 aromatic heterocycles. The number of rotatable bonds is 7. The largest absolute Gasteiger partial charge is 0.494 e. The number of hydrogen-bond donors (Lipinski definition) is 1. The Hall–Kier alpha value is -1.88. The van der Waals surface area contributed by atoms with Crippen LogP contribution < -0.4 is 10.5 Å². The van der Waals surface area contributed by atoms with Gasteiger partial charge in [-0.1, -0.05) is 17.3 Å². The van der Waals surface area contributed by atoms with Crippen LogP contribution in [0.2, 0.25) is 0 Å². The van der Waals surface area contributed by atoms with Gasteiger partial charge in [-0.25, -0.2) is 4.68 Å². The Bertz CT molecular complexity index is 551. The first kappa shape index (κ1) is 14.5. The van der Waals surface area contributed by atoms with Crippen molar-refractivity contribution in [3.8, 4) is 5.75 Å². The molecule has 0 unspecified atom stereocenters. The van der Waals surface area contributed by atoms with Crippen molar-refractivity contribution in [3.63, 3.8) is 0 Å².